The lowest BCUT2D eigenvalue weighted by Crippen LogP contribution is -2.33. The summed E-state index contributed by atoms with van der Waals surface area (Å²) in [6.45, 7) is 2.09. The van der Waals surface area contributed by atoms with Crippen molar-refractivity contribution in [3.05, 3.63) is 30.1 Å². The maximum atomic E-state index is 5.95. The maximum absolute atomic E-state index is 5.95. The van der Waals surface area contributed by atoms with Gasteiger partial charge in [0.25, 0.3) is 0 Å². The molecule has 4 nitrogen and oxygen atoms in total. The van der Waals surface area contributed by atoms with Crippen molar-refractivity contribution in [2.24, 2.45) is 5.73 Å². The SMILES string of the molecule is Cc1ccc2ncnc(NC3CCC(N)CC3)c2c1. The van der Waals surface area contributed by atoms with Crippen LogP contribution in [0.4, 0.5) is 5.82 Å². The van der Waals surface area contributed by atoms with Crippen molar-refractivity contribution < 1.29 is 0 Å². The van der Waals surface area contributed by atoms with Crippen LogP contribution in [0.15, 0.2) is 24.5 Å². The molecule has 19 heavy (non-hydrogen) atoms. The van der Waals surface area contributed by atoms with Gasteiger partial charge in [0, 0.05) is 17.5 Å². The summed E-state index contributed by atoms with van der Waals surface area (Å²) in [6.07, 6.45) is 6.07. The standard InChI is InChI=1S/C15H20N4/c1-10-2-7-14-13(8-10)15(18-9-17-14)19-12-5-3-11(16)4-6-12/h2,7-9,11-12H,3-6,16H2,1H3,(H,17,18,19). The average molecular weight is 256 g/mol. The van der Waals surface area contributed by atoms with Crippen LogP contribution in [-0.2, 0) is 0 Å². The van der Waals surface area contributed by atoms with Crippen LogP contribution in [0.2, 0.25) is 0 Å². The van der Waals surface area contributed by atoms with E-state index in [0.717, 1.165) is 42.4 Å². The molecule has 0 unspecified atom stereocenters. The van der Waals surface area contributed by atoms with Crippen LogP contribution in [0.5, 0.6) is 0 Å². The normalized spacial score (nSPS) is 23.5. The van der Waals surface area contributed by atoms with E-state index >= 15 is 0 Å². The number of benzene rings is 1. The molecule has 4 heteroatoms. The lowest BCUT2D eigenvalue weighted by atomic mass is 9.92. The Morgan fingerprint density at radius 2 is 1.95 bits per heavy atom. The molecule has 1 aliphatic carbocycles. The Hall–Kier alpha value is -1.68. The van der Waals surface area contributed by atoms with E-state index in [9.17, 15) is 0 Å². The molecule has 1 aliphatic rings. The van der Waals surface area contributed by atoms with Crippen LogP contribution in [0.25, 0.3) is 10.9 Å². The molecule has 3 N–H and O–H groups in total. The first-order valence-corrected chi connectivity index (χ1v) is 6.96. The number of hydrogen-bond acceptors (Lipinski definition) is 4. The van der Waals surface area contributed by atoms with Gasteiger partial charge >= 0.3 is 0 Å². The molecule has 1 fully saturated rings. The molecule has 0 radical (unpaired) electrons. The minimum absolute atomic E-state index is 0.377. The molecule has 1 aromatic heterocycles. The van der Waals surface area contributed by atoms with Gasteiger partial charge < -0.3 is 11.1 Å². The van der Waals surface area contributed by atoms with Crippen LogP contribution < -0.4 is 11.1 Å². The molecule has 1 saturated carbocycles. The summed E-state index contributed by atoms with van der Waals surface area (Å²) in [5.41, 5.74) is 8.18. The zero-order valence-corrected chi connectivity index (χ0v) is 11.3. The van der Waals surface area contributed by atoms with Crippen molar-refractivity contribution >= 4 is 16.7 Å². The minimum Gasteiger partial charge on any atom is -0.367 e. The number of nitrogens with zero attached hydrogens (tertiary/aromatic N) is 2. The van der Waals surface area contributed by atoms with Crippen LogP contribution in [0, 0.1) is 6.92 Å². The number of aromatic nitrogens is 2. The Labute approximate surface area is 113 Å². The van der Waals surface area contributed by atoms with Crippen molar-refractivity contribution in [3.63, 3.8) is 0 Å². The number of nitrogens with one attached hydrogen (secondary N) is 1. The fourth-order valence-corrected chi connectivity index (χ4v) is 2.74. The Bertz CT molecular complexity index is 573. The van der Waals surface area contributed by atoms with Gasteiger partial charge in [0.1, 0.15) is 12.1 Å². The van der Waals surface area contributed by atoms with Gasteiger partial charge in [-0.15, -0.1) is 0 Å². The van der Waals surface area contributed by atoms with Gasteiger partial charge in [-0.25, -0.2) is 9.97 Å². The summed E-state index contributed by atoms with van der Waals surface area (Å²) in [4.78, 5) is 8.72. The molecule has 2 aromatic rings. The number of rotatable bonds is 2. The Morgan fingerprint density at radius 3 is 2.74 bits per heavy atom. The van der Waals surface area contributed by atoms with Gasteiger partial charge in [0.2, 0.25) is 0 Å². The third-order valence-electron chi connectivity index (χ3n) is 3.90. The fraction of sp³-hybridized carbons (Fsp3) is 0.467. The van der Waals surface area contributed by atoms with Crippen LogP contribution >= 0.6 is 0 Å². The van der Waals surface area contributed by atoms with E-state index in [1.807, 2.05) is 6.07 Å². The maximum Gasteiger partial charge on any atom is 0.137 e. The number of fused-ring (bicyclic) bond motifs is 1. The number of hydrogen-bond donors (Lipinski definition) is 2. The summed E-state index contributed by atoms with van der Waals surface area (Å²) in [6, 6.07) is 7.14. The average Bonchev–Trinajstić information content (AvgIpc) is 2.42. The molecule has 0 aliphatic heterocycles. The molecule has 1 heterocycles. The second-order valence-electron chi connectivity index (χ2n) is 5.50. The van der Waals surface area contributed by atoms with E-state index < -0.39 is 0 Å². The minimum atomic E-state index is 0.377. The molecule has 100 valence electrons. The van der Waals surface area contributed by atoms with Gasteiger partial charge in [-0.3, -0.25) is 0 Å². The van der Waals surface area contributed by atoms with E-state index in [-0.39, 0.29) is 0 Å². The summed E-state index contributed by atoms with van der Waals surface area (Å²) < 4.78 is 0. The molecular weight excluding hydrogens is 236 g/mol. The fourth-order valence-electron chi connectivity index (χ4n) is 2.74. The first-order valence-electron chi connectivity index (χ1n) is 6.96. The topological polar surface area (TPSA) is 63.8 Å². The lowest BCUT2D eigenvalue weighted by Gasteiger charge is -2.27. The highest BCUT2D eigenvalue weighted by Crippen LogP contribution is 2.25. The molecule has 0 saturated heterocycles. The third-order valence-corrected chi connectivity index (χ3v) is 3.90. The van der Waals surface area contributed by atoms with E-state index in [1.54, 1.807) is 6.33 Å². The summed E-state index contributed by atoms with van der Waals surface area (Å²) in [7, 11) is 0. The van der Waals surface area contributed by atoms with Gasteiger partial charge in [-0.1, -0.05) is 11.6 Å². The number of nitrogens with two attached hydrogens (primary N) is 1. The Kier molecular flexibility index (Phi) is 3.34. The van der Waals surface area contributed by atoms with Gasteiger partial charge in [0.15, 0.2) is 0 Å². The van der Waals surface area contributed by atoms with Gasteiger partial charge in [-0.05, 0) is 44.7 Å². The van der Waals surface area contributed by atoms with E-state index in [1.165, 1.54) is 5.56 Å². The summed E-state index contributed by atoms with van der Waals surface area (Å²) >= 11 is 0. The van der Waals surface area contributed by atoms with Crippen molar-refractivity contribution in [2.45, 2.75) is 44.7 Å². The molecule has 0 spiro atoms. The summed E-state index contributed by atoms with van der Waals surface area (Å²) in [5, 5.41) is 4.67. The molecule has 3 rings (SSSR count). The predicted octanol–water partition coefficient (Wildman–Crippen LogP) is 2.62. The molecule has 0 atom stereocenters. The van der Waals surface area contributed by atoms with E-state index in [2.05, 4.69) is 34.3 Å². The van der Waals surface area contributed by atoms with Gasteiger partial charge in [-0.2, -0.15) is 0 Å². The first-order chi connectivity index (χ1) is 9.22. The van der Waals surface area contributed by atoms with E-state index in [4.69, 9.17) is 5.73 Å². The molecule has 0 bridgehead atoms. The highest BCUT2D eigenvalue weighted by Gasteiger charge is 2.19. The predicted molar refractivity (Wildman–Crippen MR) is 78.1 cm³/mol. The molecular formula is C15H20N4. The van der Waals surface area contributed by atoms with E-state index in [0.29, 0.717) is 12.1 Å². The molecule has 1 aromatic carbocycles. The number of aryl methyl sites for hydroxylation is 1. The zero-order valence-electron chi connectivity index (χ0n) is 11.3. The van der Waals surface area contributed by atoms with Crippen LogP contribution in [-0.4, -0.2) is 22.1 Å². The van der Waals surface area contributed by atoms with Gasteiger partial charge in [0.05, 0.1) is 5.52 Å². The largest absolute Gasteiger partial charge is 0.367 e. The highest BCUT2D eigenvalue weighted by atomic mass is 15.0. The van der Waals surface area contributed by atoms with Crippen molar-refractivity contribution in [1.82, 2.24) is 9.97 Å². The first kappa shape index (κ1) is 12.4. The van der Waals surface area contributed by atoms with Crippen molar-refractivity contribution in [2.75, 3.05) is 5.32 Å². The summed E-state index contributed by atoms with van der Waals surface area (Å²) in [5.74, 6) is 0.953. The highest BCUT2D eigenvalue weighted by molar-refractivity contribution is 5.89. The lowest BCUT2D eigenvalue weighted by molar-refractivity contribution is 0.410. The van der Waals surface area contributed by atoms with Crippen LogP contribution in [0.1, 0.15) is 31.2 Å². The molecule has 0 amide bonds. The smallest absolute Gasteiger partial charge is 0.137 e. The quantitative estimate of drug-likeness (QED) is 0.867. The second-order valence-corrected chi connectivity index (χ2v) is 5.50. The Morgan fingerprint density at radius 1 is 1.16 bits per heavy atom. The van der Waals surface area contributed by atoms with Crippen LogP contribution in [0.3, 0.4) is 0 Å². The number of anilines is 1. The van der Waals surface area contributed by atoms with Crippen molar-refractivity contribution in [1.29, 1.82) is 0 Å². The Balaban J connectivity index is 1.86. The second kappa shape index (κ2) is 5.13. The zero-order chi connectivity index (χ0) is 13.2. The monoisotopic (exact) mass is 256 g/mol. The van der Waals surface area contributed by atoms with Crippen molar-refractivity contribution in [3.8, 4) is 0 Å². The third kappa shape index (κ3) is 2.68.